The van der Waals surface area contributed by atoms with E-state index in [4.69, 9.17) is 4.52 Å². The molecule has 1 aliphatic carbocycles. The average molecular weight is 330 g/mol. The van der Waals surface area contributed by atoms with Crippen molar-refractivity contribution in [1.82, 2.24) is 19.8 Å². The Morgan fingerprint density at radius 3 is 2.68 bits per heavy atom. The van der Waals surface area contributed by atoms with Gasteiger partial charge >= 0.3 is 0 Å². The lowest BCUT2D eigenvalue weighted by atomic mass is 10.1. The Morgan fingerprint density at radius 2 is 2.09 bits per heavy atom. The number of nitrogens with zero attached hydrogens (tertiary/aromatic N) is 3. The molecular formula is C13H22N4O4S. The molecule has 0 saturated heterocycles. The summed E-state index contributed by atoms with van der Waals surface area (Å²) in [6.07, 6.45) is 5.49. The van der Waals surface area contributed by atoms with E-state index in [0.29, 0.717) is 17.6 Å². The lowest BCUT2D eigenvalue weighted by Gasteiger charge is -2.19. The van der Waals surface area contributed by atoms with E-state index < -0.39 is 16.1 Å². The van der Waals surface area contributed by atoms with E-state index >= 15 is 0 Å². The molecule has 1 heterocycles. The summed E-state index contributed by atoms with van der Waals surface area (Å²) in [5.41, 5.74) is 0. The third-order valence-electron chi connectivity index (χ3n) is 3.70. The maximum absolute atomic E-state index is 12.1. The largest absolute Gasteiger partial charge is 0.339 e. The van der Waals surface area contributed by atoms with Crippen molar-refractivity contribution in [3.8, 4) is 0 Å². The summed E-state index contributed by atoms with van der Waals surface area (Å²) < 4.78 is 29.8. The van der Waals surface area contributed by atoms with Gasteiger partial charge in [-0.2, -0.15) is 4.98 Å². The zero-order valence-electron chi connectivity index (χ0n) is 13.1. The monoisotopic (exact) mass is 330 g/mol. The third-order valence-corrected chi connectivity index (χ3v) is 4.49. The van der Waals surface area contributed by atoms with Gasteiger partial charge in [0, 0.05) is 13.0 Å². The molecule has 1 atom stereocenters. The van der Waals surface area contributed by atoms with Crippen molar-refractivity contribution >= 4 is 15.9 Å². The molecule has 1 amide bonds. The van der Waals surface area contributed by atoms with E-state index in [1.54, 1.807) is 7.05 Å². The second-order valence-electron chi connectivity index (χ2n) is 5.84. The summed E-state index contributed by atoms with van der Waals surface area (Å²) in [6, 6.07) is -0.832. The van der Waals surface area contributed by atoms with E-state index in [-0.39, 0.29) is 12.5 Å². The molecule has 1 fully saturated rings. The van der Waals surface area contributed by atoms with Gasteiger partial charge in [-0.3, -0.25) is 4.79 Å². The van der Waals surface area contributed by atoms with Gasteiger partial charge in [0.15, 0.2) is 5.82 Å². The summed E-state index contributed by atoms with van der Waals surface area (Å²) in [4.78, 5) is 17.8. The van der Waals surface area contributed by atoms with E-state index in [1.807, 2.05) is 0 Å². The molecule has 9 heteroatoms. The quantitative estimate of drug-likeness (QED) is 0.820. The number of hydrogen-bond donors (Lipinski definition) is 1. The van der Waals surface area contributed by atoms with Crippen molar-refractivity contribution in [1.29, 1.82) is 0 Å². The predicted octanol–water partition coefficient (Wildman–Crippen LogP) is 0.623. The van der Waals surface area contributed by atoms with Crippen LogP contribution in [-0.2, 0) is 21.4 Å². The molecule has 0 bridgehead atoms. The summed E-state index contributed by atoms with van der Waals surface area (Å²) >= 11 is 0. The number of sulfonamides is 1. The highest BCUT2D eigenvalue weighted by atomic mass is 32.2. The molecule has 8 nitrogen and oxygen atoms in total. The summed E-state index contributed by atoms with van der Waals surface area (Å²) in [5, 5.41) is 3.90. The van der Waals surface area contributed by atoms with Crippen molar-refractivity contribution in [3.63, 3.8) is 0 Å². The fraction of sp³-hybridized carbons (Fsp3) is 0.769. The summed E-state index contributed by atoms with van der Waals surface area (Å²) in [5.74, 6) is 1.05. The minimum atomic E-state index is -3.43. The fourth-order valence-electron chi connectivity index (χ4n) is 2.66. The maximum atomic E-state index is 12.1. The van der Waals surface area contributed by atoms with Crippen LogP contribution in [0.2, 0.25) is 0 Å². The average Bonchev–Trinajstić information content (AvgIpc) is 3.05. The Hall–Kier alpha value is -1.48. The minimum Gasteiger partial charge on any atom is -0.339 e. The topological polar surface area (TPSA) is 105 Å². The van der Waals surface area contributed by atoms with Crippen molar-refractivity contribution in [3.05, 3.63) is 11.7 Å². The Labute approximate surface area is 130 Å². The lowest BCUT2D eigenvalue weighted by molar-refractivity contribution is -0.131. The van der Waals surface area contributed by atoms with E-state index in [2.05, 4.69) is 14.9 Å². The molecule has 0 radical (unpaired) electrons. The number of carbonyl (C=O) groups is 1. The van der Waals surface area contributed by atoms with E-state index in [9.17, 15) is 13.2 Å². The Balaban J connectivity index is 1.93. The minimum absolute atomic E-state index is 0.185. The number of rotatable bonds is 6. The first-order chi connectivity index (χ1) is 10.3. The van der Waals surface area contributed by atoms with Crippen LogP contribution in [0.3, 0.4) is 0 Å². The summed E-state index contributed by atoms with van der Waals surface area (Å²) in [6.45, 7) is 1.69. The van der Waals surface area contributed by atoms with Crippen LogP contribution in [0.25, 0.3) is 0 Å². The number of carbonyl (C=O) groups excluding carboxylic acids is 1. The van der Waals surface area contributed by atoms with Crippen LogP contribution in [0.5, 0.6) is 0 Å². The molecule has 1 aliphatic rings. The lowest BCUT2D eigenvalue weighted by Crippen LogP contribution is -2.44. The van der Waals surface area contributed by atoms with Crippen LogP contribution < -0.4 is 4.72 Å². The molecule has 1 unspecified atom stereocenters. The number of amides is 1. The Bertz CT molecular complexity index is 622. The molecule has 0 spiro atoms. The first-order valence-corrected chi connectivity index (χ1v) is 9.20. The molecule has 124 valence electrons. The van der Waals surface area contributed by atoms with Crippen LogP contribution in [0.15, 0.2) is 4.52 Å². The van der Waals surface area contributed by atoms with Gasteiger partial charge in [0.2, 0.25) is 21.8 Å². The first kappa shape index (κ1) is 16.9. The Morgan fingerprint density at radius 1 is 1.45 bits per heavy atom. The van der Waals surface area contributed by atoms with Gasteiger partial charge in [0.1, 0.15) is 0 Å². The van der Waals surface area contributed by atoms with E-state index in [1.165, 1.54) is 24.7 Å². The molecule has 1 N–H and O–H groups in total. The van der Waals surface area contributed by atoms with Crippen LogP contribution >= 0.6 is 0 Å². The van der Waals surface area contributed by atoms with Gasteiger partial charge in [0.05, 0.1) is 18.8 Å². The first-order valence-electron chi connectivity index (χ1n) is 7.31. The predicted molar refractivity (Wildman–Crippen MR) is 79.4 cm³/mol. The van der Waals surface area contributed by atoms with Crippen molar-refractivity contribution in [2.45, 2.75) is 51.1 Å². The molecule has 0 aromatic carbocycles. The summed E-state index contributed by atoms with van der Waals surface area (Å²) in [7, 11) is -1.85. The van der Waals surface area contributed by atoms with Crippen molar-refractivity contribution in [2.24, 2.45) is 0 Å². The number of hydrogen-bond acceptors (Lipinski definition) is 6. The van der Waals surface area contributed by atoms with Crippen molar-refractivity contribution < 1.29 is 17.7 Å². The van der Waals surface area contributed by atoms with Crippen LogP contribution in [-0.4, -0.2) is 48.7 Å². The number of aromatic nitrogens is 2. The van der Waals surface area contributed by atoms with Crippen molar-refractivity contribution in [2.75, 3.05) is 13.3 Å². The SMILES string of the molecule is CC(NS(C)(=O)=O)C(=O)N(C)Cc1noc(C2CCCC2)n1. The van der Waals surface area contributed by atoms with Gasteiger partial charge in [-0.15, -0.1) is 0 Å². The third kappa shape index (κ3) is 4.51. The Kier molecular flexibility index (Phi) is 5.17. The zero-order chi connectivity index (χ0) is 16.3. The molecule has 0 aliphatic heterocycles. The highest BCUT2D eigenvalue weighted by Crippen LogP contribution is 2.32. The number of nitrogens with one attached hydrogen (secondary N) is 1. The van der Waals surface area contributed by atoms with Gasteiger partial charge in [-0.05, 0) is 19.8 Å². The molecular weight excluding hydrogens is 308 g/mol. The zero-order valence-corrected chi connectivity index (χ0v) is 13.9. The normalized spacial score (nSPS) is 17.6. The fourth-order valence-corrected chi connectivity index (χ4v) is 3.41. The van der Waals surface area contributed by atoms with E-state index in [0.717, 1.165) is 19.1 Å². The smallest absolute Gasteiger partial charge is 0.240 e. The highest BCUT2D eigenvalue weighted by Gasteiger charge is 2.25. The second kappa shape index (κ2) is 6.74. The molecule has 1 aromatic rings. The second-order valence-corrected chi connectivity index (χ2v) is 7.62. The van der Waals surface area contributed by atoms with Gasteiger partial charge in [0.25, 0.3) is 0 Å². The molecule has 22 heavy (non-hydrogen) atoms. The van der Waals surface area contributed by atoms with Gasteiger partial charge < -0.3 is 9.42 Å². The molecule has 1 aromatic heterocycles. The molecule has 2 rings (SSSR count). The van der Waals surface area contributed by atoms with Crippen LogP contribution in [0.4, 0.5) is 0 Å². The van der Waals surface area contributed by atoms with Crippen LogP contribution in [0, 0.1) is 0 Å². The van der Waals surface area contributed by atoms with Gasteiger partial charge in [-0.25, -0.2) is 13.1 Å². The number of likely N-dealkylation sites (N-methyl/N-ethyl adjacent to an activating group) is 1. The molecule has 1 saturated carbocycles. The standard InChI is InChI=1S/C13H22N4O4S/c1-9(16-22(3,19)20)13(18)17(2)8-11-14-12(21-15-11)10-6-4-5-7-10/h9-10,16H,4-8H2,1-3H3. The van der Waals surface area contributed by atoms with Gasteiger partial charge in [-0.1, -0.05) is 18.0 Å². The van der Waals surface area contributed by atoms with Crippen LogP contribution in [0.1, 0.15) is 50.2 Å². The highest BCUT2D eigenvalue weighted by molar-refractivity contribution is 7.88. The maximum Gasteiger partial charge on any atom is 0.240 e.